The zero-order valence-corrected chi connectivity index (χ0v) is 7.76. The summed E-state index contributed by atoms with van der Waals surface area (Å²) in [7, 11) is 0. The van der Waals surface area contributed by atoms with Crippen LogP contribution in [0.15, 0.2) is 29.6 Å². The Labute approximate surface area is 74.7 Å². The lowest BCUT2D eigenvalue weighted by Crippen LogP contribution is -2.38. The zero-order valence-electron chi connectivity index (χ0n) is 8.76. The second-order valence-corrected chi connectivity index (χ2v) is 3.73. The molecule has 0 bridgehead atoms. The van der Waals surface area contributed by atoms with Crippen LogP contribution in [0, 0.1) is 0 Å². The minimum Gasteiger partial charge on any atom is -0.384 e. The molecule has 0 aliphatic carbocycles. The molecule has 0 saturated heterocycles. The lowest BCUT2D eigenvalue weighted by Gasteiger charge is -2.35. The molecule has 3 heteroatoms. The summed E-state index contributed by atoms with van der Waals surface area (Å²) in [6, 6.07) is 0. The van der Waals surface area contributed by atoms with Gasteiger partial charge in [0.15, 0.2) is 0 Å². The predicted octanol–water partition coefficient (Wildman–Crippen LogP) is 1.44. The van der Waals surface area contributed by atoms with Crippen molar-refractivity contribution in [2.45, 2.75) is 26.3 Å². The van der Waals surface area contributed by atoms with E-state index in [4.69, 9.17) is 7.10 Å². The molecule has 0 atom stereocenters. The van der Waals surface area contributed by atoms with Gasteiger partial charge in [-0.05, 0) is 26.8 Å². The van der Waals surface area contributed by atoms with Crippen molar-refractivity contribution >= 4 is 5.84 Å². The van der Waals surface area contributed by atoms with Crippen molar-refractivity contribution in [3.05, 3.63) is 24.7 Å². The van der Waals surface area contributed by atoms with Gasteiger partial charge in [0.05, 0.1) is 1.37 Å². The van der Waals surface area contributed by atoms with E-state index in [1.54, 1.807) is 4.90 Å². The van der Waals surface area contributed by atoms with Gasteiger partial charge >= 0.3 is 0 Å². The average Bonchev–Trinajstić information content (AvgIpc) is 1.78. The molecule has 1 rings (SSSR count). The van der Waals surface area contributed by atoms with E-state index in [0.717, 1.165) is 0 Å². The summed E-state index contributed by atoms with van der Waals surface area (Å²) in [5, 5.41) is 0. The van der Waals surface area contributed by atoms with Crippen molar-refractivity contribution in [3.63, 3.8) is 0 Å². The van der Waals surface area contributed by atoms with Crippen LogP contribution in [0.25, 0.3) is 0 Å². The summed E-state index contributed by atoms with van der Waals surface area (Å²) in [6.07, 6.45) is 1.87. The lowest BCUT2D eigenvalue weighted by atomic mass is 10.1. The molecule has 1 heterocycles. The minimum atomic E-state index is -0.186. The van der Waals surface area contributed by atoms with Gasteiger partial charge in [-0.15, -0.1) is 0 Å². The quantitative estimate of drug-likeness (QED) is 0.591. The van der Waals surface area contributed by atoms with Crippen LogP contribution in [0.5, 0.6) is 0 Å². The molecule has 0 unspecified atom stereocenters. The molecule has 12 heavy (non-hydrogen) atoms. The Balaban J connectivity index is 3.05. The maximum Gasteiger partial charge on any atom is 0.128 e. The molecule has 3 nitrogen and oxygen atoms in total. The van der Waals surface area contributed by atoms with Crippen molar-refractivity contribution in [1.29, 1.82) is 0 Å². The first-order chi connectivity index (χ1) is 5.82. The molecule has 0 saturated carbocycles. The van der Waals surface area contributed by atoms with Crippen molar-refractivity contribution in [3.8, 4) is 0 Å². The fourth-order valence-electron chi connectivity index (χ4n) is 1.02. The zero-order chi connectivity index (χ0) is 10.2. The third-order valence-electron chi connectivity index (χ3n) is 1.53. The molecule has 1 aliphatic heterocycles. The summed E-state index contributed by atoms with van der Waals surface area (Å²) in [5.74, 6) is 0.869. The highest BCUT2D eigenvalue weighted by molar-refractivity contribution is 5.92. The van der Waals surface area contributed by atoms with Gasteiger partial charge in [0.1, 0.15) is 11.7 Å². The molecule has 0 fully saturated rings. The van der Waals surface area contributed by atoms with Crippen LogP contribution in [0.1, 0.15) is 22.1 Å². The third kappa shape index (κ3) is 1.67. The Morgan fingerprint density at radius 3 is 2.67 bits per heavy atom. The summed E-state index contributed by atoms with van der Waals surface area (Å²) >= 11 is 0. The highest BCUT2D eigenvalue weighted by Crippen LogP contribution is 2.21. The molecule has 0 spiro atoms. The highest BCUT2D eigenvalue weighted by Gasteiger charge is 2.21. The maximum absolute atomic E-state index is 7.71. The molecule has 66 valence electrons. The van der Waals surface area contributed by atoms with Gasteiger partial charge in [-0.2, -0.15) is 0 Å². The van der Waals surface area contributed by atoms with Crippen molar-refractivity contribution < 1.29 is 1.37 Å². The Morgan fingerprint density at radius 1 is 1.67 bits per heavy atom. The summed E-state index contributed by atoms with van der Waals surface area (Å²) in [5.41, 5.74) is 5.30. The number of amidine groups is 1. The van der Waals surface area contributed by atoms with Crippen molar-refractivity contribution in [1.82, 2.24) is 4.90 Å². The molecule has 0 aromatic heterocycles. The number of aliphatic imine (C=N–C) groups is 1. The van der Waals surface area contributed by atoms with E-state index >= 15 is 0 Å². The fraction of sp³-hybridized carbons (Fsp3) is 0.444. The lowest BCUT2D eigenvalue weighted by molar-refractivity contribution is 0.256. The number of rotatable bonds is 0. The van der Waals surface area contributed by atoms with Gasteiger partial charge in [0, 0.05) is 11.7 Å². The van der Waals surface area contributed by atoms with Gasteiger partial charge in [0.2, 0.25) is 0 Å². The number of hydrogen-bond donors (Lipinski definition) is 1. The first-order valence-electron chi connectivity index (χ1n) is 4.34. The molecular formula is C9H15N3. The molecule has 2 N–H and O–H groups in total. The normalized spacial score (nSPS) is 20.1. The minimum absolute atomic E-state index is 0.186. The Kier molecular flexibility index (Phi) is 1.64. The van der Waals surface area contributed by atoms with Crippen LogP contribution in [0.3, 0.4) is 0 Å². The van der Waals surface area contributed by atoms with E-state index in [2.05, 4.69) is 11.6 Å². The van der Waals surface area contributed by atoms with Crippen LogP contribution in [-0.2, 0) is 0 Å². The maximum atomic E-state index is 7.71. The van der Waals surface area contributed by atoms with E-state index < -0.39 is 0 Å². The van der Waals surface area contributed by atoms with E-state index in [9.17, 15) is 0 Å². The fourth-order valence-corrected chi connectivity index (χ4v) is 1.02. The van der Waals surface area contributed by atoms with Crippen LogP contribution in [0.4, 0.5) is 0 Å². The largest absolute Gasteiger partial charge is 0.384 e. The van der Waals surface area contributed by atoms with Crippen LogP contribution in [0.2, 0.25) is 0 Å². The van der Waals surface area contributed by atoms with Gasteiger partial charge in [0.25, 0.3) is 0 Å². The molecule has 0 amide bonds. The standard InChI is InChI=1S/C9H15N3/c1-7-11-8(10)5-6-12(7)9(2,3)4/h5-6H,1H2,2-4H3,(H2,10,11)/i6D. The molecule has 0 aromatic carbocycles. The second kappa shape index (κ2) is 2.66. The second-order valence-electron chi connectivity index (χ2n) is 3.73. The van der Waals surface area contributed by atoms with Crippen LogP contribution < -0.4 is 5.73 Å². The van der Waals surface area contributed by atoms with Gasteiger partial charge in [-0.1, -0.05) is 6.58 Å². The Bertz CT molecular complexity index is 296. The number of hydrogen-bond acceptors (Lipinski definition) is 3. The SMILES string of the molecule is [2H]C1=CC(N)=NC(=C)N1C(C)(C)C. The molecule has 0 radical (unpaired) electrons. The predicted molar refractivity (Wildman–Crippen MR) is 51.5 cm³/mol. The smallest absolute Gasteiger partial charge is 0.128 e. The number of nitrogens with zero attached hydrogens (tertiary/aromatic N) is 2. The van der Waals surface area contributed by atoms with E-state index in [0.29, 0.717) is 17.8 Å². The van der Waals surface area contributed by atoms with Gasteiger partial charge < -0.3 is 10.6 Å². The van der Waals surface area contributed by atoms with E-state index in [-0.39, 0.29) is 5.54 Å². The third-order valence-corrected chi connectivity index (χ3v) is 1.53. The van der Waals surface area contributed by atoms with Crippen LogP contribution in [-0.4, -0.2) is 16.3 Å². The Hall–Kier alpha value is -1.25. The van der Waals surface area contributed by atoms with Gasteiger partial charge in [-0.3, -0.25) is 0 Å². The molecule has 0 aromatic rings. The summed E-state index contributed by atoms with van der Waals surface area (Å²) < 4.78 is 7.71. The van der Waals surface area contributed by atoms with Gasteiger partial charge in [-0.25, -0.2) is 4.99 Å². The van der Waals surface area contributed by atoms with Crippen molar-refractivity contribution in [2.24, 2.45) is 10.7 Å². The molecule has 1 aliphatic rings. The molecular weight excluding hydrogens is 150 g/mol. The average molecular weight is 166 g/mol. The first kappa shape index (κ1) is 7.40. The summed E-state index contributed by atoms with van der Waals surface area (Å²) in [6.45, 7) is 9.75. The first-order valence-corrected chi connectivity index (χ1v) is 3.84. The monoisotopic (exact) mass is 166 g/mol. The van der Waals surface area contributed by atoms with Crippen LogP contribution >= 0.6 is 0 Å². The topological polar surface area (TPSA) is 41.6 Å². The highest BCUT2D eigenvalue weighted by atomic mass is 15.3. The summed E-state index contributed by atoms with van der Waals surface area (Å²) in [4.78, 5) is 5.75. The van der Waals surface area contributed by atoms with E-state index in [1.807, 2.05) is 20.8 Å². The Morgan fingerprint density at radius 2 is 2.25 bits per heavy atom. The van der Waals surface area contributed by atoms with Crippen molar-refractivity contribution in [2.75, 3.05) is 0 Å². The number of nitrogens with two attached hydrogens (primary N) is 1. The van der Waals surface area contributed by atoms with E-state index in [1.165, 1.54) is 6.08 Å².